The third-order valence-electron chi connectivity index (χ3n) is 5.13. The second kappa shape index (κ2) is 10.1. The summed E-state index contributed by atoms with van der Waals surface area (Å²) in [4.78, 5) is 29.7. The molecule has 1 amide bonds. The number of aliphatic hydroxyl groups is 1. The summed E-state index contributed by atoms with van der Waals surface area (Å²) in [6, 6.07) is 11.6. The van der Waals surface area contributed by atoms with E-state index in [2.05, 4.69) is 15.6 Å². The first-order chi connectivity index (χ1) is 14.9. The molecule has 0 aliphatic heterocycles. The molecule has 3 N–H and O–H groups in total. The molecule has 2 heterocycles. The lowest BCUT2D eigenvalue weighted by molar-refractivity contribution is -0.116. The van der Waals surface area contributed by atoms with Gasteiger partial charge in [0.25, 0.3) is 0 Å². The van der Waals surface area contributed by atoms with Crippen molar-refractivity contribution in [2.45, 2.75) is 32.2 Å². The largest absolute Gasteiger partial charge is 0.464 e. The zero-order chi connectivity index (χ0) is 22.4. The highest BCUT2D eigenvalue weighted by atomic mass is 16.5. The maximum absolute atomic E-state index is 12.7. The molecule has 0 radical (unpaired) electrons. The molecule has 0 saturated carbocycles. The van der Waals surface area contributed by atoms with Crippen LogP contribution in [0, 0.1) is 0 Å². The van der Waals surface area contributed by atoms with E-state index in [1.165, 1.54) is 7.11 Å². The van der Waals surface area contributed by atoms with Gasteiger partial charge in [0.2, 0.25) is 5.91 Å². The monoisotopic (exact) mass is 424 g/mol. The van der Waals surface area contributed by atoms with E-state index in [0.29, 0.717) is 29.6 Å². The normalized spacial score (nSPS) is 11.9. The first kappa shape index (κ1) is 22.3. The van der Waals surface area contributed by atoms with Gasteiger partial charge in [-0.3, -0.25) is 4.79 Å². The molecule has 0 bridgehead atoms. The molecule has 0 fully saturated rings. The fraction of sp³-hybridized carbons (Fsp3) is 0.348. The number of pyridine rings is 1. The third-order valence-corrected chi connectivity index (χ3v) is 5.13. The fourth-order valence-electron chi connectivity index (χ4n) is 3.51. The van der Waals surface area contributed by atoms with Crippen molar-refractivity contribution in [3.05, 3.63) is 53.9 Å². The lowest BCUT2D eigenvalue weighted by Gasteiger charge is -2.13. The Kier molecular flexibility index (Phi) is 7.25. The molecule has 0 aliphatic rings. The van der Waals surface area contributed by atoms with E-state index < -0.39 is 5.97 Å². The maximum Gasteiger partial charge on any atom is 0.356 e. The number of rotatable bonds is 9. The van der Waals surface area contributed by atoms with Crippen LogP contribution in [0.25, 0.3) is 11.0 Å². The van der Waals surface area contributed by atoms with Crippen LogP contribution in [-0.4, -0.2) is 46.3 Å². The summed E-state index contributed by atoms with van der Waals surface area (Å²) in [5.41, 5.74) is 2.97. The van der Waals surface area contributed by atoms with E-state index >= 15 is 0 Å². The van der Waals surface area contributed by atoms with Gasteiger partial charge in [0.1, 0.15) is 5.65 Å². The van der Waals surface area contributed by atoms with E-state index in [1.54, 1.807) is 17.8 Å². The molecule has 3 rings (SSSR count). The Labute approximate surface area is 181 Å². The van der Waals surface area contributed by atoms with Crippen molar-refractivity contribution >= 4 is 34.3 Å². The van der Waals surface area contributed by atoms with Crippen LogP contribution in [0.2, 0.25) is 0 Å². The van der Waals surface area contributed by atoms with Crippen molar-refractivity contribution in [1.82, 2.24) is 9.55 Å². The smallest absolute Gasteiger partial charge is 0.356 e. The molecule has 1 aromatic carbocycles. The molecule has 0 saturated heterocycles. The van der Waals surface area contributed by atoms with Crippen molar-refractivity contribution in [2.24, 2.45) is 7.05 Å². The Morgan fingerprint density at radius 3 is 2.68 bits per heavy atom. The Morgan fingerprint density at radius 2 is 2.00 bits per heavy atom. The highest BCUT2D eigenvalue weighted by Crippen LogP contribution is 2.32. The lowest BCUT2D eigenvalue weighted by Crippen LogP contribution is -2.17. The van der Waals surface area contributed by atoms with Gasteiger partial charge >= 0.3 is 5.97 Å². The van der Waals surface area contributed by atoms with Crippen LogP contribution < -0.4 is 10.6 Å². The van der Waals surface area contributed by atoms with Crippen molar-refractivity contribution < 1.29 is 19.4 Å². The summed E-state index contributed by atoms with van der Waals surface area (Å²) in [5, 5.41) is 15.9. The van der Waals surface area contributed by atoms with Crippen LogP contribution in [0.3, 0.4) is 0 Å². The number of aromatic nitrogens is 2. The number of hydrogen-bond donors (Lipinski definition) is 3. The van der Waals surface area contributed by atoms with E-state index in [1.807, 2.05) is 43.3 Å². The van der Waals surface area contributed by atoms with Crippen LogP contribution >= 0.6 is 0 Å². The number of carbonyl (C=O) groups is 2. The minimum absolute atomic E-state index is 0.0388. The minimum Gasteiger partial charge on any atom is -0.464 e. The fourth-order valence-corrected chi connectivity index (χ4v) is 3.51. The number of nitrogens with zero attached hydrogens (tertiary/aromatic N) is 2. The number of nitrogens with one attached hydrogen (secondary N) is 2. The van der Waals surface area contributed by atoms with Gasteiger partial charge in [-0.15, -0.1) is 0 Å². The van der Waals surface area contributed by atoms with Gasteiger partial charge in [0.15, 0.2) is 5.69 Å². The molecule has 31 heavy (non-hydrogen) atoms. The van der Waals surface area contributed by atoms with Crippen molar-refractivity contribution in [2.75, 3.05) is 24.4 Å². The first-order valence-corrected chi connectivity index (χ1v) is 10.2. The number of benzene rings is 1. The summed E-state index contributed by atoms with van der Waals surface area (Å²) < 4.78 is 6.56. The summed E-state index contributed by atoms with van der Waals surface area (Å²) in [5.74, 6) is -0.754. The first-order valence-electron chi connectivity index (χ1n) is 10.2. The van der Waals surface area contributed by atoms with E-state index in [4.69, 9.17) is 9.84 Å². The number of aliphatic hydroxyl groups excluding tert-OH is 1. The molecule has 164 valence electrons. The molecule has 0 aliphatic carbocycles. The van der Waals surface area contributed by atoms with Gasteiger partial charge in [0, 0.05) is 31.5 Å². The van der Waals surface area contributed by atoms with Crippen LogP contribution in [0.4, 0.5) is 11.4 Å². The highest BCUT2D eigenvalue weighted by molar-refractivity contribution is 6.11. The Morgan fingerprint density at radius 1 is 1.26 bits per heavy atom. The molecule has 3 aromatic rings. The van der Waals surface area contributed by atoms with Crippen LogP contribution in [0.15, 0.2) is 42.6 Å². The summed E-state index contributed by atoms with van der Waals surface area (Å²) in [6.45, 7) is 2.03. The molecular weight excluding hydrogens is 396 g/mol. The van der Waals surface area contributed by atoms with Crippen LogP contribution in [0.1, 0.15) is 35.8 Å². The lowest BCUT2D eigenvalue weighted by atomic mass is 10.1. The average Bonchev–Trinajstić information content (AvgIpc) is 3.03. The van der Waals surface area contributed by atoms with E-state index in [9.17, 15) is 9.59 Å². The summed E-state index contributed by atoms with van der Waals surface area (Å²) in [6.07, 6.45) is 3.12. The number of methoxy groups -OCH3 is 1. The van der Waals surface area contributed by atoms with Gasteiger partial charge in [-0.1, -0.05) is 30.3 Å². The number of esters is 1. The van der Waals surface area contributed by atoms with Gasteiger partial charge < -0.3 is 25.0 Å². The predicted octanol–water partition coefficient (Wildman–Crippen LogP) is 3.11. The second-order valence-corrected chi connectivity index (χ2v) is 7.46. The minimum atomic E-state index is -0.554. The number of amides is 1. The quantitative estimate of drug-likeness (QED) is 0.456. The van der Waals surface area contributed by atoms with Crippen molar-refractivity contribution in [3.63, 3.8) is 0 Å². The standard InChI is InChI=1S/C23H28N4O4/c1-15(11-12-28)25-17-13-18-20(21(23(30)31-3)27(2)22(18)24-14-17)26-19(29)10-9-16-7-5-4-6-8-16/h4-8,13-15,25,28H,9-12H2,1-3H3,(H,26,29)/t15-/m0/s1. The molecule has 2 aromatic heterocycles. The third kappa shape index (κ3) is 5.21. The summed E-state index contributed by atoms with van der Waals surface area (Å²) in [7, 11) is 3.01. The molecule has 0 unspecified atom stereocenters. The topological polar surface area (TPSA) is 105 Å². The zero-order valence-corrected chi connectivity index (χ0v) is 18.0. The molecule has 1 atom stereocenters. The van der Waals surface area contributed by atoms with Gasteiger partial charge in [-0.25, -0.2) is 9.78 Å². The number of fused-ring (bicyclic) bond motifs is 1. The maximum atomic E-state index is 12.7. The van der Waals surface area contributed by atoms with Gasteiger partial charge in [-0.2, -0.15) is 0 Å². The zero-order valence-electron chi connectivity index (χ0n) is 18.0. The van der Waals surface area contributed by atoms with Crippen molar-refractivity contribution in [3.8, 4) is 0 Å². The SMILES string of the molecule is COC(=O)c1c(NC(=O)CCc2ccccc2)c2cc(N[C@@H](C)CCO)cnc2n1C. The Bertz CT molecular complexity index is 1060. The van der Waals surface area contributed by atoms with Crippen LogP contribution in [-0.2, 0) is 23.0 Å². The number of aryl methyl sites for hydroxylation is 2. The number of carbonyl (C=O) groups excluding carboxylic acids is 2. The molecular formula is C23H28N4O4. The molecule has 0 spiro atoms. The Balaban J connectivity index is 1.92. The summed E-state index contributed by atoms with van der Waals surface area (Å²) >= 11 is 0. The van der Waals surface area contributed by atoms with Crippen LogP contribution in [0.5, 0.6) is 0 Å². The Hall–Kier alpha value is -3.39. The molecule has 8 nitrogen and oxygen atoms in total. The molecule has 8 heteroatoms. The number of anilines is 2. The number of hydrogen-bond acceptors (Lipinski definition) is 6. The predicted molar refractivity (Wildman–Crippen MR) is 120 cm³/mol. The second-order valence-electron chi connectivity index (χ2n) is 7.46. The number of ether oxygens (including phenoxy) is 1. The van der Waals surface area contributed by atoms with E-state index in [-0.39, 0.29) is 30.7 Å². The van der Waals surface area contributed by atoms with E-state index in [0.717, 1.165) is 11.3 Å². The van der Waals surface area contributed by atoms with Crippen molar-refractivity contribution in [1.29, 1.82) is 0 Å². The average molecular weight is 425 g/mol. The van der Waals surface area contributed by atoms with Gasteiger partial charge in [0.05, 0.1) is 24.7 Å². The highest BCUT2D eigenvalue weighted by Gasteiger charge is 2.24. The van der Waals surface area contributed by atoms with Gasteiger partial charge in [-0.05, 0) is 31.4 Å².